The standard InChI is InChI=1S/C26H40N6O6Si.C21H31N5O7SSi.C19H22N6O3.C6H13NO.2CH4.I4.2H2/c1-8-10-13-19(17-33)28-24-29-22(27)21(32(35)36)23(30-24)31(25(34)37-9-2)16-18-12-11-14-20(15-18)38-39(6,7)26(3,4)5;1-8-32-20(27)25(18-16(26(28)29)17(22)23-19(24-18)34(5,30)31)13-14-10-9-11-15(12-14)33-35(6,7)21(2,3)4;20-16-15-17-24-18(23-16)21-13(11-26)6-2-1-3-8-28-14-7-4-5-12(9-14)10-25(17)19(27)22-15;1-2-3-4-6(7)5-8;;;1-4(2)3;;/h8,11-12,14-15,19,33H,1,9-10,13,16-17H2,2-7H3,(H3,27,28,29,30);9-12H,8,13H2,1-7H3,(H2,22,23,24);1,3-5,7,9,13,26H,2,6,8,10-11H2,(H,22,27)(H3,20,21,23,24);2,6,8H,1,3-5,7H2;2*1H4;;2*1H/b;;3-1+;;;;;;. The van der Waals surface area contributed by atoms with Crippen LogP contribution in [0.15, 0.2) is 120 Å². The van der Waals surface area contributed by atoms with Crippen LogP contribution in [0.25, 0.3) is 11.2 Å². The van der Waals surface area contributed by atoms with Crippen LogP contribution in [0, 0.1) is 20.2 Å². The number of hydrogen-bond donors (Lipinski definition) is 10. The second kappa shape index (κ2) is 49.0. The summed E-state index contributed by atoms with van der Waals surface area (Å²) in [4.78, 5) is 89.5. The topological polar surface area (TPSA) is 511 Å². The SMILES string of the molecule is C.C.C=CCCC(CO)Nc1nc(N)c([N+](=O)[O-])c(N(Cc2cccc(O[Si](C)(C)C(C)(C)C)c2)C(=O)OCC)n1.C=CCCC(N)CO.CCOC(=O)N(Cc1cccc(O[Si](C)(C)C(C)(C)C)c1)c1nc(S(C)(=O)=O)nc(N)c1[N+](=O)[O-].II(I)I.Nc1nc2nc3c1[nH]c(=O)n3Cc1cccc(c1)OC/C=C/CCC(CO)N2.[HH].[HH]. The van der Waals surface area contributed by atoms with Gasteiger partial charge in [-0.1, -0.05) is 117 Å². The number of sulfone groups is 1. The van der Waals surface area contributed by atoms with Gasteiger partial charge in [0.15, 0.2) is 11.5 Å². The molecule has 4 aromatic heterocycles. The molecule has 5 heterocycles. The largest absolute Gasteiger partial charge is 0.490 e. The van der Waals surface area contributed by atoms with Gasteiger partial charge in [-0.05, 0) is 142 Å². The molecule has 4 bridgehead atoms. The predicted octanol–water partition coefficient (Wildman–Crippen LogP) is 16.0. The van der Waals surface area contributed by atoms with Crippen molar-refractivity contribution in [1.82, 2.24) is 39.5 Å². The van der Waals surface area contributed by atoms with Crippen molar-refractivity contribution in [2.24, 2.45) is 5.73 Å². The molecule has 2 amide bonds. The van der Waals surface area contributed by atoms with Crippen molar-refractivity contribution >= 4 is 166 Å². The van der Waals surface area contributed by atoms with Gasteiger partial charge in [0, 0.05) is 15.2 Å². The average Bonchev–Trinajstić information content (AvgIpc) is 1.73. The van der Waals surface area contributed by atoms with Gasteiger partial charge in [-0.15, -0.1) is 13.2 Å². The fourth-order valence-corrected chi connectivity index (χ4v) is 12.3. The molecular weight excluding hydrogens is 2010 g/mol. The van der Waals surface area contributed by atoms with Crippen molar-refractivity contribution in [3.63, 3.8) is 0 Å². The number of aliphatic hydroxyl groups excluding tert-OH is 3. The van der Waals surface area contributed by atoms with Crippen molar-refractivity contribution in [1.29, 1.82) is 0 Å². The smallest absolute Gasteiger partial charge is 0.328 e. The van der Waals surface area contributed by atoms with Gasteiger partial charge in [-0.25, -0.2) is 22.8 Å². The monoisotopic (exact) mass is 2130 g/mol. The maximum atomic E-state index is 13.1. The summed E-state index contributed by atoms with van der Waals surface area (Å²) < 4.78 is 54.4. The van der Waals surface area contributed by atoms with Crippen LogP contribution in [0.3, 0.4) is 0 Å². The summed E-state index contributed by atoms with van der Waals surface area (Å²) in [5.41, 5.74) is 24.2. The number of H-pyrrole nitrogens is 1. The van der Waals surface area contributed by atoms with E-state index in [0.717, 1.165) is 46.6 Å². The summed E-state index contributed by atoms with van der Waals surface area (Å²) in [5.74, 6) is 0.292. The first-order chi connectivity index (χ1) is 53.4. The number of nitrogens with zero attached hydrogens (tertiary/aromatic N) is 11. The Bertz CT molecular complexity index is 4610. The molecule has 42 heteroatoms. The zero-order chi connectivity index (χ0) is 85.6. The van der Waals surface area contributed by atoms with Gasteiger partial charge < -0.3 is 76.9 Å². The number of nitrogens with one attached hydrogen (secondary N) is 3. The Balaban J connectivity index is 0.00000161. The Morgan fingerprint density at radius 1 is 0.767 bits per heavy atom. The fraction of sp³-hybridized carbons (Fsp3) is 0.473. The molecule has 8 rings (SSSR count). The zero-order valence-electron chi connectivity index (χ0n) is 66.2. The molecule has 0 spiro atoms. The second-order valence-corrected chi connectivity index (χ2v) is 88.7. The number of halogens is 4. The van der Waals surface area contributed by atoms with Gasteiger partial charge in [0.05, 0.1) is 74.6 Å². The summed E-state index contributed by atoms with van der Waals surface area (Å²) in [5, 5.41) is 56.7. The number of nitrogens with two attached hydrogens (primary N) is 4. The molecule has 0 saturated heterocycles. The van der Waals surface area contributed by atoms with Gasteiger partial charge in [0.2, 0.25) is 61.6 Å². The van der Waals surface area contributed by atoms with Crippen molar-refractivity contribution < 1.29 is 69.1 Å². The number of imidazole rings is 1. The minimum atomic E-state index is -3.99. The minimum absolute atomic E-state index is 0. The van der Waals surface area contributed by atoms with Crippen LogP contribution in [0.4, 0.5) is 61.9 Å². The molecule has 3 aromatic carbocycles. The third-order valence-electron chi connectivity index (χ3n) is 17.7. The molecule has 1 aliphatic heterocycles. The number of ether oxygens (including phenoxy) is 3. The fourth-order valence-electron chi connectivity index (χ4n) is 9.72. The van der Waals surface area contributed by atoms with E-state index in [-0.39, 0.29) is 123 Å². The number of carbonyl (C=O) groups excluding carboxylic acids is 2. The van der Waals surface area contributed by atoms with Crippen LogP contribution in [0.1, 0.15) is 128 Å². The Kier molecular flexibility index (Phi) is 44.1. The van der Waals surface area contributed by atoms with E-state index in [1.165, 1.54) is 4.57 Å². The number of aromatic amines is 1. The molecule has 35 nitrogen and oxygen atoms in total. The van der Waals surface area contributed by atoms with Crippen LogP contribution in [0.2, 0.25) is 36.3 Å². The van der Waals surface area contributed by atoms with E-state index in [4.69, 9.17) is 51.1 Å². The number of fused-ring (bicyclic) bond motifs is 3. The molecule has 0 aliphatic carbocycles. The van der Waals surface area contributed by atoms with E-state index in [2.05, 4.69) is 182 Å². The van der Waals surface area contributed by atoms with Crippen LogP contribution in [-0.4, -0.2) is 166 Å². The first-order valence-corrected chi connectivity index (χ1v) is 62.4. The first kappa shape index (κ1) is 104. The number of aliphatic hydroxyl groups is 3. The van der Waals surface area contributed by atoms with E-state index in [0.29, 0.717) is 66.2 Å². The normalized spacial score (nSPS) is 13.6. The van der Waals surface area contributed by atoms with Crippen LogP contribution < -0.4 is 62.6 Å². The molecule has 648 valence electrons. The van der Waals surface area contributed by atoms with E-state index >= 15 is 0 Å². The van der Waals surface area contributed by atoms with Crippen molar-refractivity contribution in [2.75, 3.05) is 83.5 Å². The Morgan fingerprint density at radius 2 is 1.27 bits per heavy atom. The third kappa shape index (κ3) is 32.9. The number of aromatic nitrogens is 8. The van der Waals surface area contributed by atoms with Crippen molar-refractivity contribution in [2.45, 2.75) is 188 Å². The van der Waals surface area contributed by atoms with Crippen LogP contribution in [-0.2, 0) is 38.9 Å². The average molecular weight is 2130 g/mol. The molecule has 0 radical (unpaired) electrons. The number of benzene rings is 3. The molecular formula is C74H118I4N18O17SSi2. The summed E-state index contributed by atoms with van der Waals surface area (Å²) in [6.07, 6.45) is 10.8. The maximum Gasteiger partial charge on any atom is 0.328 e. The van der Waals surface area contributed by atoms with E-state index in [9.17, 15) is 53.2 Å². The molecule has 1 aliphatic rings. The predicted molar refractivity (Wildman–Crippen MR) is 503 cm³/mol. The molecule has 3 unspecified atom stereocenters. The maximum absolute atomic E-state index is 13.1. The molecule has 3 atom stereocenters. The molecule has 7 aromatic rings. The van der Waals surface area contributed by atoms with E-state index < -0.39 is 88.5 Å². The number of nitro groups is 2. The van der Waals surface area contributed by atoms with E-state index in [1.807, 2.05) is 42.5 Å². The summed E-state index contributed by atoms with van der Waals surface area (Å²) in [7, 11) is -8.65. The van der Waals surface area contributed by atoms with Gasteiger partial charge in [-0.3, -0.25) is 34.6 Å². The minimum Gasteiger partial charge on any atom is -0.490 e. The summed E-state index contributed by atoms with van der Waals surface area (Å²) in [6, 6.07) is 20.9. The number of anilines is 7. The number of nitrogen functional groups attached to an aromatic ring is 3. The van der Waals surface area contributed by atoms with Gasteiger partial charge in [-0.2, -0.15) is 29.9 Å². The number of amides is 2. The number of allylic oxidation sites excluding steroid dienone is 3. The van der Waals surface area contributed by atoms with Crippen molar-refractivity contribution in [3.8, 4) is 17.2 Å². The zero-order valence-corrected chi connectivity index (χ0v) is 77.6. The number of carbonyl (C=O) groups is 2. The molecule has 0 fully saturated rings. The number of hydrogen-bond acceptors (Lipinski definition) is 29. The van der Waals surface area contributed by atoms with Gasteiger partial charge in [0.1, 0.15) is 29.4 Å². The first-order valence-electron chi connectivity index (χ1n) is 35.8. The third-order valence-corrected chi connectivity index (χ3v) is 27.2. The second-order valence-electron chi connectivity index (χ2n) is 28.6. The van der Waals surface area contributed by atoms with E-state index in [1.54, 1.807) is 68.5 Å². The Hall–Kier alpha value is -7.73. The van der Waals surface area contributed by atoms with Crippen LogP contribution in [0.5, 0.6) is 17.2 Å². The molecule has 116 heavy (non-hydrogen) atoms. The molecule has 0 saturated carbocycles. The molecule has 14 N–H and O–H groups in total. The number of rotatable bonds is 26. The quantitative estimate of drug-likeness (QED) is 0.00601. The Morgan fingerprint density at radius 3 is 1.73 bits per heavy atom. The Labute approximate surface area is 720 Å². The van der Waals surface area contributed by atoms with Gasteiger partial charge >= 0.3 is 93.0 Å². The van der Waals surface area contributed by atoms with Gasteiger partial charge in [0.25, 0.3) is 5.16 Å². The summed E-state index contributed by atoms with van der Waals surface area (Å²) >= 11 is 7.42. The summed E-state index contributed by atoms with van der Waals surface area (Å²) in [6.45, 7) is 31.7. The van der Waals surface area contributed by atoms with Crippen molar-refractivity contribution in [3.05, 3.63) is 158 Å². The van der Waals surface area contributed by atoms with Crippen LogP contribution >= 0.6 is 63.7 Å².